The minimum Gasteiger partial charge on any atom is -0.479 e. The zero-order valence-corrected chi connectivity index (χ0v) is 12.8. The zero-order valence-electron chi connectivity index (χ0n) is 11.9. The molecule has 2 atom stereocenters. The van der Waals surface area contributed by atoms with E-state index in [0.29, 0.717) is 18.5 Å². The number of aliphatic carboxylic acids is 1. The van der Waals surface area contributed by atoms with E-state index in [1.807, 2.05) is 11.4 Å². The molecule has 2 rings (SSSR count). The SMILES string of the molecule is CC(CC#N)N(C)C(=O)N1CCc2sccc2C1C(=O)O. The van der Waals surface area contributed by atoms with Gasteiger partial charge in [0.25, 0.3) is 0 Å². The molecule has 2 unspecified atom stereocenters. The number of hydrogen-bond acceptors (Lipinski definition) is 4. The summed E-state index contributed by atoms with van der Waals surface area (Å²) in [7, 11) is 1.60. The van der Waals surface area contributed by atoms with Crippen LogP contribution >= 0.6 is 11.3 Å². The van der Waals surface area contributed by atoms with Crippen molar-refractivity contribution in [3.8, 4) is 6.07 Å². The van der Waals surface area contributed by atoms with E-state index in [2.05, 4.69) is 0 Å². The van der Waals surface area contributed by atoms with E-state index in [9.17, 15) is 14.7 Å². The number of carboxylic acids is 1. The molecule has 0 saturated heterocycles. The van der Waals surface area contributed by atoms with Crippen molar-refractivity contribution in [1.82, 2.24) is 9.80 Å². The first-order chi connectivity index (χ1) is 9.97. The van der Waals surface area contributed by atoms with Crippen LogP contribution < -0.4 is 0 Å². The summed E-state index contributed by atoms with van der Waals surface area (Å²) >= 11 is 1.53. The monoisotopic (exact) mass is 307 g/mol. The second kappa shape index (κ2) is 6.14. The lowest BCUT2D eigenvalue weighted by Crippen LogP contribution is -2.50. The van der Waals surface area contributed by atoms with Gasteiger partial charge in [0.05, 0.1) is 12.5 Å². The van der Waals surface area contributed by atoms with E-state index >= 15 is 0 Å². The van der Waals surface area contributed by atoms with Gasteiger partial charge in [-0.2, -0.15) is 5.26 Å². The van der Waals surface area contributed by atoms with Gasteiger partial charge in [0, 0.05) is 24.5 Å². The molecule has 21 heavy (non-hydrogen) atoms. The topological polar surface area (TPSA) is 84.6 Å². The van der Waals surface area contributed by atoms with Crippen LogP contribution in [0.3, 0.4) is 0 Å². The zero-order chi connectivity index (χ0) is 15.6. The number of nitrogens with zero attached hydrogens (tertiary/aromatic N) is 3. The molecule has 1 aromatic heterocycles. The van der Waals surface area contributed by atoms with Crippen LogP contribution in [0.2, 0.25) is 0 Å². The Hall–Kier alpha value is -2.07. The fourth-order valence-electron chi connectivity index (χ4n) is 2.45. The second-order valence-corrected chi connectivity index (χ2v) is 6.09. The van der Waals surface area contributed by atoms with Gasteiger partial charge in [-0.3, -0.25) is 0 Å². The van der Waals surface area contributed by atoms with E-state index in [-0.39, 0.29) is 18.5 Å². The van der Waals surface area contributed by atoms with Crippen LogP contribution in [0.4, 0.5) is 4.79 Å². The number of hydrogen-bond donors (Lipinski definition) is 1. The minimum absolute atomic E-state index is 0.220. The molecule has 0 spiro atoms. The number of carboxylic acid groups (broad SMARTS) is 1. The Balaban J connectivity index is 2.25. The Morgan fingerprint density at radius 1 is 1.67 bits per heavy atom. The van der Waals surface area contributed by atoms with Crippen molar-refractivity contribution in [2.75, 3.05) is 13.6 Å². The smallest absolute Gasteiger partial charge is 0.331 e. The van der Waals surface area contributed by atoms with E-state index < -0.39 is 12.0 Å². The van der Waals surface area contributed by atoms with Crippen molar-refractivity contribution < 1.29 is 14.7 Å². The normalized spacial score (nSPS) is 18.5. The first kappa shape index (κ1) is 15.3. The number of amides is 2. The Morgan fingerprint density at radius 2 is 2.38 bits per heavy atom. The number of nitriles is 1. The van der Waals surface area contributed by atoms with Crippen molar-refractivity contribution in [3.63, 3.8) is 0 Å². The summed E-state index contributed by atoms with van der Waals surface area (Å²) in [5.41, 5.74) is 0.702. The molecule has 0 saturated carbocycles. The Bertz CT molecular complexity index is 593. The molecule has 1 aromatic rings. The third kappa shape index (κ3) is 2.85. The number of carbonyl (C=O) groups excluding carboxylic acids is 1. The van der Waals surface area contributed by atoms with Crippen LogP contribution in [0.1, 0.15) is 29.8 Å². The molecule has 2 heterocycles. The van der Waals surface area contributed by atoms with Gasteiger partial charge < -0.3 is 14.9 Å². The van der Waals surface area contributed by atoms with Crippen molar-refractivity contribution in [3.05, 3.63) is 21.9 Å². The highest BCUT2D eigenvalue weighted by atomic mass is 32.1. The molecule has 0 aliphatic carbocycles. The molecule has 112 valence electrons. The van der Waals surface area contributed by atoms with Crippen LogP contribution in [-0.2, 0) is 11.2 Å². The fourth-order valence-corrected chi connectivity index (χ4v) is 3.35. The summed E-state index contributed by atoms with van der Waals surface area (Å²) in [6.45, 7) is 2.16. The second-order valence-electron chi connectivity index (χ2n) is 5.09. The van der Waals surface area contributed by atoms with Gasteiger partial charge in [0.1, 0.15) is 0 Å². The summed E-state index contributed by atoms with van der Waals surface area (Å²) in [5, 5.41) is 20.1. The van der Waals surface area contributed by atoms with Crippen molar-refractivity contribution in [1.29, 1.82) is 5.26 Å². The maximum atomic E-state index is 12.5. The van der Waals surface area contributed by atoms with Gasteiger partial charge in [0.2, 0.25) is 0 Å². The van der Waals surface area contributed by atoms with E-state index in [4.69, 9.17) is 5.26 Å². The van der Waals surface area contributed by atoms with E-state index in [1.165, 1.54) is 21.1 Å². The lowest BCUT2D eigenvalue weighted by atomic mass is 10.0. The van der Waals surface area contributed by atoms with Crippen LogP contribution in [-0.4, -0.2) is 46.5 Å². The molecule has 2 amide bonds. The molecule has 1 aliphatic heterocycles. The predicted molar refractivity (Wildman–Crippen MR) is 78.0 cm³/mol. The number of thiophene rings is 1. The quantitative estimate of drug-likeness (QED) is 0.926. The Kier molecular flexibility index (Phi) is 4.48. The Labute approximate surface area is 127 Å². The number of urea groups is 1. The lowest BCUT2D eigenvalue weighted by Gasteiger charge is -2.37. The van der Waals surface area contributed by atoms with E-state index in [1.54, 1.807) is 20.0 Å². The molecule has 1 N–H and O–H groups in total. The molecule has 0 bridgehead atoms. The molecule has 7 heteroatoms. The molecule has 0 fully saturated rings. The number of rotatable bonds is 3. The number of fused-ring (bicyclic) bond motifs is 1. The standard InChI is InChI=1S/C14H17N3O3S/c1-9(3-6-15)16(2)14(20)17-7-4-11-10(5-8-21-11)12(17)13(18)19/h5,8-9,12H,3-4,7H2,1-2H3,(H,18,19). The summed E-state index contributed by atoms with van der Waals surface area (Å²) in [5.74, 6) is -1.02. The summed E-state index contributed by atoms with van der Waals surface area (Å²) < 4.78 is 0. The predicted octanol–water partition coefficient (Wildman–Crippen LogP) is 2.09. The van der Waals surface area contributed by atoms with Crippen molar-refractivity contribution >= 4 is 23.3 Å². The molecule has 0 aromatic carbocycles. The van der Waals surface area contributed by atoms with Gasteiger partial charge in [-0.1, -0.05) is 0 Å². The highest BCUT2D eigenvalue weighted by Gasteiger charge is 2.38. The van der Waals surface area contributed by atoms with Gasteiger partial charge >= 0.3 is 12.0 Å². The highest BCUT2D eigenvalue weighted by molar-refractivity contribution is 7.10. The van der Waals surface area contributed by atoms with Crippen LogP contribution in [0, 0.1) is 11.3 Å². The molecule has 0 radical (unpaired) electrons. The summed E-state index contributed by atoms with van der Waals surface area (Å²) in [4.78, 5) is 28.0. The largest absolute Gasteiger partial charge is 0.479 e. The third-order valence-corrected chi connectivity index (χ3v) is 4.79. The van der Waals surface area contributed by atoms with Gasteiger partial charge in [-0.05, 0) is 30.4 Å². The van der Waals surface area contributed by atoms with Crippen LogP contribution in [0.15, 0.2) is 11.4 Å². The van der Waals surface area contributed by atoms with Crippen molar-refractivity contribution in [2.24, 2.45) is 0 Å². The van der Waals surface area contributed by atoms with Gasteiger partial charge in [0.15, 0.2) is 6.04 Å². The molecular formula is C14H17N3O3S. The maximum absolute atomic E-state index is 12.5. The maximum Gasteiger partial charge on any atom is 0.331 e. The first-order valence-corrected chi connectivity index (χ1v) is 7.54. The van der Waals surface area contributed by atoms with Crippen LogP contribution in [0.25, 0.3) is 0 Å². The molecule has 6 nitrogen and oxygen atoms in total. The average Bonchev–Trinajstić information content (AvgIpc) is 2.92. The molecule has 1 aliphatic rings. The van der Waals surface area contributed by atoms with Crippen LogP contribution in [0.5, 0.6) is 0 Å². The Morgan fingerprint density at radius 3 is 3.00 bits per heavy atom. The van der Waals surface area contributed by atoms with E-state index in [0.717, 1.165) is 4.88 Å². The molecular weight excluding hydrogens is 290 g/mol. The van der Waals surface area contributed by atoms with Crippen molar-refractivity contribution in [2.45, 2.75) is 31.8 Å². The average molecular weight is 307 g/mol. The summed E-state index contributed by atoms with van der Waals surface area (Å²) in [6, 6.07) is 2.26. The number of carbonyl (C=O) groups is 2. The highest BCUT2D eigenvalue weighted by Crippen LogP contribution is 2.34. The van der Waals surface area contributed by atoms with Gasteiger partial charge in [-0.15, -0.1) is 11.3 Å². The third-order valence-electron chi connectivity index (χ3n) is 3.80. The first-order valence-electron chi connectivity index (χ1n) is 6.66. The summed E-state index contributed by atoms with van der Waals surface area (Å²) in [6.07, 6.45) is 0.889. The minimum atomic E-state index is -1.02. The lowest BCUT2D eigenvalue weighted by molar-refractivity contribution is -0.143. The fraction of sp³-hybridized carbons (Fsp3) is 0.500. The van der Waals surface area contributed by atoms with Gasteiger partial charge in [-0.25, -0.2) is 9.59 Å².